The molecule has 0 aliphatic carbocycles. The quantitative estimate of drug-likeness (QED) is 0.524. The van der Waals surface area contributed by atoms with Gasteiger partial charge in [-0.25, -0.2) is 9.97 Å². The first-order valence-corrected chi connectivity index (χ1v) is 10.2. The van der Waals surface area contributed by atoms with Crippen LogP contribution in [-0.2, 0) is 11.3 Å². The van der Waals surface area contributed by atoms with Crippen molar-refractivity contribution in [3.05, 3.63) is 83.7 Å². The molecule has 2 aromatic carbocycles. The molecule has 0 saturated heterocycles. The van der Waals surface area contributed by atoms with Gasteiger partial charge in [-0.1, -0.05) is 36.4 Å². The number of nitrogen functional groups attached to an aromatic ring is 1. The SMILES string of the molecule is C=CC(=O)Nc1cccc(Oc2ncnc(N)c2C2C=NN(Cc3cccc(Cl)c3)C2)c1. The summed E-state index contributed by atoms with van der Waals surface area (Å²) in [5.41, 5.74) is 8.48. The monoisotopic (exact) mass is 448 g/mol. The molecular weight excluding hydrogens is 428 g/mol. The third-order valence-electron chi connectivity index (χ3n) is 4.82. The molecule has 32 heavy (non-hydrogen) atoms. The molecule has 3 N–H and O–H groups in total. The molecule has 1 aromatic heterocycles. The van der Waals surface area contributed by atoms with Crippen LogP contribution in [0.5, 0.6) is 11.6 Å². The molecule has 1 aliphatic heterocycles. The summed E-state index contributed by atoms with van der Waals surface area (Å²) >= 11 is 6.09. The van der Waals surface area contributed by atoms with Crippen LogP contribution in [0, 0.1) is 0 Å². The molecule has 162 valence electrons. The number of aromatic nitrogens is 2. The van der Waals surface area contributed by atoms with Gasteiger partial charge in [0.05, 0.1) is 12.1 Å². The van der Waals surface area contributed by atoms with Crippen molar-refractivity contribution < 1.29 is 9.53 Å². The predicted molar refractivity (Wildman–Crippen MR) is 125 cm³/mol. The van der Waals surface area contributed by atoms with E-state index in [1.54, 1.807) is 24.3 Å². The summed E-state index contributed by atoms with van der Waals surface area (Å²) in [5.74, 6) is 0.708. The molecule has 2 heterocycles. The first kappa shape index (κ1) is 21.3. The first-order chi connectivity index (χ1) is 15.5. The van der Waals surface area contributed by atoms with Crippen LogP contribution in [0.2, 0.25) is 5.02 Å². The number of carbonyl (C=O) groups excluding carboxylic acids is 1. The van der Waals surface area contributed by atoms with Gasteiger partial charge in [0.1, 0.15) is 17.9 Å². The Balaban J connectivity index is 1.52. The lowest BCUT2D eigenvalue weighted by Gasteiger charge is -2.18. The Bertz CT molecular complexity index is 1180. The highest BCUT2D eigenvalue weighted by Gasteiger charge is 2.26. The Morgan fingerprint density at radius 3 is 2.94 bits per heavy atom. The van der Waals surface area contributed by atoms with Crippen LogP contribution in [0.1, 0.15) is 17.0 Å². The Labute approximate surface area is 190 Å². The lowest BCUT2D eigenvalue weighted by atomic mass is 10.0. The highest BCUT2D eigenvalue weighted by Crippen LogP contribution is 2.34. The molecule has 0 saturated carbocycles. The van der Waals surface area contributed by atoms with Crippen LogP contribution in [-0.4, -0.2) is 33.6 Å². The minimum Gasteiger partial charge on any atom is -0.438 e. The number of carbonyl (C=O) groups is 1. The van der Waals surface area contributed by atoms with E-state index in [9.17, 15) is 4.79 Å². The molecule has 3 aromatic rings. The third kappa shape index (κ3) is 5.04. The van der Waals surface area contributed by atoms with Crippen molar-refractivity contribution in [2.24, 2.45) is 5.10 Å². The summed E-state index contributed by atoms with van der Waals surface area (Å²) in [4.78, 5) is 20.0. The van der Waals surface area contributed by atoms with E-state index in [1.807, 2.05) is 35.5 Å². The molecular formula is C23H21ClN6O2. The summed E-state index contributed by atoms with van der Waals surface area (Å²) in [6.45, 7) is 4.66. The summed E-state index contributed by atoms with van der Waals surface area (Å²) in [5, 5.41) is 9.82. The number of hydrogen-bond donors (Lipinski definition) is 2. The van der Waals surface area contributed by atoms with E-state index >= 15 is 0 Å². The Hall–Kier alpha value is -3.91. The molecule has 1 unspecified atom stereocenters. The largest absolute Gasteiger partial charge is 0.438 e. The van der Waals surface area contributed by atoms with Crippen LogP contribution in [0.4, 0.5) is 11.5 Å². The minimum absolute atomic E-state index is 0.144. The van der Waals surface area contributed by atoms with Crippen molar-refractivity contribution >= 4 is 35.2 Å². The molecule has 0 fully saturated rings. The molecule has 0 radical (unpaired) electrons. The fourth-order valence-electron chi connectivity index (χ4n) is 3.38. The van der Waals surface area contributed by atoms with E-state index in [0.29, 0.717) is 46.8 Å². The van der Waals surface area contributed by atoms with Crippen LogP contribution in [0.25, 0.3) is 0 Å². The lowest BCUT2D eigenvalue weighted by Crippen LogP contribution is -2.19. The van der Waals surface area contributed by atoms with Crippen molar-refractivity contribution in [3.63, 3.8) is 0 Å². The summed E-state index contributed by atoms with van der Waals surface area (Å²) in [6, 6.07) is 14.6. The third-order valence-corrected chi connectivity index (χ3v) is 5.06. The van der Waals surface area contributed by atoms with Gasteiger partial charge in [0.25, 0.3) is 0 Å². The Morgan fingerprint density at radius 1 is 1.28 bits per heavy atom. The summed E-state index contributed by atoms with van der Waals surface area (Å²) in [7, 11) is 0. The van der Waals surface area contributed by atoms with E-state index in [0.717, 1.165) is 5.56 Å². The zero-order chi connectivity index (χ0) is 22.5. The van der Waals surface area contributed by atoms with Crippen molar-refractivity contribution in [1.82, 2.24) is 15.0 Å². The first-order valence-electron chi connectivity index (χ1n) is 9.87. The molecule has 0 bridgehead atoms. The van der Waals surface area contributed by atoms with Gasteiger partial charge in [0.15, 0.2) is 0 Å². The topological polar surface area (TPSA) is 106 Å². The van der Waals surface area contributed by atoms with Crippen LogP contribution in [0.15, 0.2) is 72.6 Å². The zero-order valence-electron chi connectivity index (χ0n) is 17.1. The fourth-order valence-corrected chi connectivity index (χ4v) is 3.59. The van der Waals surface area contributed by atoms with Gasteiger partial charge >= 0.3 is 0 Å². The number of nitrogens with one attached hydrogen (secondary N) is 1. The summed E-state index contributed by atoms with van der Waals surface area (Å²) < 4.78 is 6.02. The second-order valence-corrected chi connectivity index (χ2v) is 7.59. The number of rotatable bonds is 7. The number of hydrazone groups is 1. The number of hydrogen-bond acceptors (Lipinski definition) is 7. The summed E-state index contributed by atoms with van der Waals surface area (Å²) in [6.07, 6.45) is 4.37. The van der Waals surface area contributed by atoms with Crippen LogP contribution in [0.3, 0.4) is 0 Å². The van der Waals surface area contributed by atoms with Gasteiger partial charge in [0.2, 0.25) is 11.8 Å². The number of amides is 1. The van der Waals surface area contributed by atoms with E-state index in [1.165, 1.54) is 12.4 Å². The molecule has 0 spiro atoms. The average molecular weight is 449 g/mol. The molecule has 8 nitrogen and oxygen atoms in total. The van der Waals surface area contributed by atoms with Gasteiger partial charge in [-0.3, -0.25) is 9.80 Å². The number of nitrogens with zero attached hydrogens (tertiary/aromatic N) is 4. The van der Waals surface area contributed by atoms with Gasteiger partial charge in [-0.2, -0.15) is 5.10 Å². The predicted octanol–water partition coefficient (Wildman–Crippen LogP) is 4.21. The Morgan fingerprint density at radius 2 is 2.12 bits per heavy atom. The maximum atomic E-state index is 11.6. The zero-order valence-corrected chi connectivity index (χ0v) is 17.9. The highest BCUT2D eigenvalue weighted by atomic mass is 35.5. The van der Waals surface area contributed by atoms with Crippen LogP contribution >= 0.6 is 11.6 Å². The number of anilines is 2. The standard InChI is InChI=1S/C23H21ClN6O2/c1-2-20(31)29-18-7-4-8-19(10-18)32-23-21(22(25)26-14-27-23)16-11-28-30(13-16)12-15-5-3-6-17(24)9-15/h2-11,14,16H,1,12-13H2,(H,29,31)(H2,25,26,27). The number of benzene rings is 2. The smallest absolute Gasteiger partial charge is 0.247 e. The molecule has 9 heteroatoms. The van der Waals surface area contributed by atoms with Crippen molar-refractivity contribution in [2.75, 3.05) is 17.6 Å². The van der Waals surface area contributed by atoms with E-state index in [-0.39, 0.29) is 11.8 Å². The second-order valence-electron chi connectivity index (χ2n) is 7.15. The number of nitrogens with two attached hydrogens (primary N) is 1. The lowest BCUT2D eigenvalue weighted by molar-refractivity contribution is -0.111. The minimum atomic E-state index is -0.309. The van der Waals surface area contributed by atoms with E-state index in [2.05, 4.69) is 27.0 Å². The van der Waals surface area contributed by atoms with Gasteiger partial charge in [-0.05, 0) is 35.9 Å². The second kappa shape index (κ2) is 9.49. The average Bonchev–Trinajstić information content (AvgIpc) is 3.22. The molecule has 1 amide bonds. The Kier molecular flexibility index (Phi) is 6.32. The van der Waals surface area contributed by atoms with Crippen LogP contribution < -0.4 is 15.8 Å². The molecule has 1 aliphatic rings. The van der Waals surface area contributed by atoms with Gasteiger partial charge in [-0.15, -0.1) is 0 Å². The van der Waals surface area contributed by atoms with Gasteiger partial charge in [0, 0.05) is 35.5 Å². The van der Waals surface area contributed by atoms with Crippen molar-refractivity contribution in [2.45, 2.75) is 12.5 Å². The number of halogens is 1. The van der Waals surface area contributed by atoms with E-state index in [4.69, 9.17) is 22.1 Å². The maximum absolute atomic E-state index is 11.6. The van der Waals surface area contributed by atoms with Gasteiger partial charge < -0.3 is 15.8 Å². The molecule has 4 rings (SSSR count). The normalized spacial score (nSPS) is 14.9. The van der Waals surface area contributed by atoms with Crippen molar-refractivity contribution in [1.29, 1.82) is 0 Å². The van der Waals surface area contributed by atoms with E-state index < -0.39 is 0 Å². The highest BCUT2D eigenvalue weighted by molar-refractivity contribution is 6.30. The number of ether oxygens (including phenoxy) is 1. The fraction of sp³-hybridized carbons (Fsp3) is 0.130. The maximum Gasteiger partial charge on any atom is 0.247 e. The van der Waals surface area contributed by atoms with Crippen molar-refractivity contribution in [3.8, 4) is 11.6 Å². The molecule has 1 atom stereocenters.